The van der Waals surface area contributed by atoms with E-state index in [1.807, 2.05) is 12.1 Å². The molecule has 3 heteroatoms. The van der Waals surface area contributed by atoms with Gasteiger partial charge in [0, 0.05) is 18.1 Å². The molecule has 1 aliphatic heterocycles. The van der Waals surface area contributed by atoms with Crippen LogP contribution in [0.3, 0.4) is 0 Å². The Morgan fingerprint density at radius 1 is 1.53 bits per heavy atom. The molecule has 1 atom stereocenters. The molecule has 0 bridgehead atoms. The Kier molecular flexibility index (Phi) is 2.83. The molecule has 0 N–H and O–H groups in total. The second kappa shape index (κ2) is 4.12. The van der Waals surface area contributed by atoms with Gasteiger partial charge in [0.15, 0.2) is 0 Å². The zero-order valence-corrected chi connectivity index (χ0v) is 9.46. The summed E-state index contributed by atoms with van der Waals surface area (Å²) in [5.41, 5.74) is 1.70. The van der Waals surface area contributed by atoms with E-state index in [4.69, 9.17) is 16.9 Å². The lowest BCUT2D eigenvalue weighted by atomic mass is 10.1. The fourth-order valence-corrected chi connectivity index (χ4v) is 2.20. The van der Waals surface area contributed by atoms with Gasteiger partial charge in [0.05, 0.1) is 11.3 Å². The first-order valence-electron chi connectivity index (χ1n) is 5.15. The summed E-state index contributed by atoms with van der Waals surface area (Å²) in [4.78, 5) is 2.26. The minimum absolute atomic E-state index is 0.627. The number of nitriles is 1. The molecule has 0 aliphatic carbocycles. The monoisotopic (exact) mass is 220 g/mol. The normalized spacial score (nSPS) is 20.3. The second-order valence-corrected chi connectivity index (χ2v) is 4.55. The van der Waals surface area contributed by atoms with E-state index in [1.54, 1.807) is 6.07 Å². The molecule has 0 aromatic heterocycles. The number of anilines is 1. The van der Waals surface area contributed by atoms with Gasteiger partial charge in [-0.2, -0.15) is 5.26 Å². The standard InChI is InChI=1S/C12H13ClN2/c1-9-4-5-15(8-9)12-3-2-11(13)6-10(12)7-14/h2-3,6,9H,4-5,8H2,1H3. The lowest BCUT2D eigenvalue weighted by molar-refractivity contribution is 0.659. The van der Waals surface area contributed by atoms with Crippen LogP contribution >= 0.6 is 11.6 Å². The Labute approximate surface area is 95.1 Å². The third kappa shape index (κ3) is 2.08. The largest absolute Gasteiger partial charge is 0.370 e. The highest BCUT2D eigenvalue weighted by Gasteiger charge is 2.20. The summed E-state index contributed by atoms with van der Waals surface area (Å²) in [5, 5.41) is 9.66. The van der Waals surface area contributed by atoms with Crippen LogP contribution in [0.25, 0.3) is 0 Å². The van der Waals surface area contributed by atoms with Crippen LogP contribution in [0.2, 0.25) is 5.02 Å². The molecule has 1 aromatic rings. The fourth-order valence-electron chi connectivity index (χ4n) is 2.03. The Morgan fingerprint density at radius 2 is 2.33 bits per heavy atom. The van der Waals surface area contributed by atoms with Crippen molar-refractivity contribution in [2.75, 3.05) is 18.0 Å². The van der Waals surface area contributed by atoms with Crippen molar-refractivity contribution in [1.29, 1.82) is 5.26 Å². The average Bonchev–Trinajstić information content (AvgIpc) is 2.64. The van der Waals surface area contributed by atoms with Gasteiger partial charge in [0.1, 0.15) is 6.07 Å². The molecule has 1 fully saturated rings. The summed E-state index contributed by atoms with van der Waals surface area (Å²) < 4.78 is 0. The van der Waals surface area contributed by atoms with Crippen LogP contribution < -0.4 is 4.90 Å². The Balaban J connectivity index is 2.32. The number of halogens is 1. The van der Waals surface area contributed by atoms with Gasteiger partial charge in [-0.15, -0.1) is 0 Å². The highest BCUT2D eigenvalue weighted by molar-refractivity contribution is 6.30. The van der Waals surface area contributed by atoms with Gasteiger partial charge in [-0.1, -0.05) is 18.5 Å². The third-order valence-electron chi connectivity index (χ3n) is 2.84. The molecule has 2 rings (SSSR count). The summed E-state index contributed by atoms with van der Waals surface area (Å²) in [6.45, 7) is 4.32. The van der Waals surface area contributed by atoms with Crippen molar-refractivity contribution >= 4 is 17.3 Å². The number of rotatable bonds is 1. The van der Waals surface area contributed by atoms with Gasteiger partial charge in [0.2, 0.25) is 0 Å². The summed E-state index contributed by atoms with van der Waals surface area (Å²) >= 11 is 5.86. The van der Waals surface area contributed by atoms with E-state index in [-0.39, 0.29) is 0 Å². The summed E-state index contributed by atoms with van der Waals surface area (Å²) in [5.74, 6) is 0.715. The van der Waals surface area contributed by atoms with E-state index in [0.717, 1.165) is 18.8 Å². The van der Waals surface area contributed by atoms with Crippen molar-refractivity contribution in [2.24, 2.45) is 5.92 Å². The van der Waals surface area contributed by atoms with Crippen LogP contribution in [0.1, 0.15) is 18.9 Å². The smallest absolute Gasteiger partial charge is 0.101 e. The predicted octanol–water partition coefficient (Wildman–Crippen LogP) is 3.06. The lowest BCUT2D eigenvalue weighted by Crippen LogP contribution is -2.19. The predicted molar refractivity (Wildman–Crippen MR) is 62.2 cm³/mol. The highest BCUT2D eigenvalue weighted by atomic mass is 35.5. The van der Waals surface area contributed by atoms with E-state index < -0.39 is 0 Å². The van der Waals surface area contributed by atoms with Gasteiger partial charge in [-0.25, -0.2) is 0 Å². The van der Waals surface area contributed by atoms with Crippen LogP contribution in [0.5, 0.6) is 0 Å². The van der Waals surface area contributed by atoms with E-state index in [2.05, 4.69) is 17.9 Å². The van der Waals surface area contributed by atoms with E-state index in [9.17, 15) is 0 Å². The summed E-state index contributed by atoms with van der Waals surface area (Å²) in [6, 6.07) is 7.73. The zero-order chi connectivity index (χ0) is 10.8. The first kappa shape index (κ1) is 10.3. The number of benzene rings is 1. The Hall–Kier alpha value is -1.20. The quantitative estimate of drug-likeness (QED) is 0.728. The maximum absolute atomic E-state index is 9.03. The van der Waals surface area contributed by atoms with Crippen molar-refractivity contribution in [3.05, 3.63) is 28.8 Å². The molecule has 1 aliphatic rings. The van der Waals surface area contributed by atoms with Gasteiger partial charge >= 0.3 is 0 Å². The Morgan fingerprint density at radius 3 is 2.93 bits per heavy atom. The van der Waals surface area contributed by atoms with Crippen LogP contribution in [-0.2, 0) is 0 Å². The average molecular weight is 221 g/mol. The van der Waals surface area contributed by atoms with Crippen molar-refractivity contribution < 1.29 is 0 Å². The first-order chi connectivity index (χ1) is 7.20. The van der Waals surface area contributed by atoms with Crippen LogP contribution in [0, 0.1) is 17.2 Å². The molecule has 0 radical (unpaired) electrons. The summed E-state index contributed by atoms with van der Waals surface area (Å²) in [7, 11) is 0. The molecule has 1 saturated heterocycles. The zero-order valence-electron chi connectivity index (χ0n) is 8.70. The van der Waals surface area contributed by atoms with Gasteiger partial charge in [-0.3, -0.25) is 0 Å². The second-order valence-electron chi connectivity index (χ2n) is 4.11. The third-order valence-corrected chi connectivity index (χ3v) is 3.08. The van der Waals surface area contributed by atoms with E-state index in [1.165, 1.54) is 6.42 Å². The molecule has 0 spiro atoms. The van der Waals surface area contributed by atoms with Crippen LogP contribution in [0.4, 0.5) is 5.69 Å². The molecule has 2 nitrogen and oxygen atoms in total. The SMILES string of the molecule is CC1CCN(c2ccc(Cl)cc2C#N)C1. The van der Waals surface area contributed by atoms with Crippen molar-refractivity contribution in [1.82, 2.24) is 0 Å². The minimum Gasteiger partial charge on any atom is -0.370 e. The highest BCUT2D eigenvalue weighted by Crippen LogP contribution is 2.28. The maximum Gasteiger partial charge on any atom is 0.101 e. The van der Waals surface area contributed by atoms with Crippen molar-refractivity contribution in [3.63, 3.8) is 0 Å². The molecule has 15 heavy (non-hydrogen) atoms. The molecule has 0 amide bonds. The van der Waals surface area contributed by atoms with Crippen molar-refractivity contribution in [2.45, 2.75) is 13.3 Å². The molecule has 0 saturated carbocycles. The molecule has 1 aromatic carbocycles. The number of hydrogen-bond donors (Lipinski definition) is 0. The number of hydrogen-bond acceptors (Lipinski definition) is 2. The van der Waals surface area contributed by atoms with Crippen LogP contribution in [-0.4, -0.2) is 13.1 Å². The van der Waals surface area contributed by atoms with Crippen LogP contribution in [0.15, 0.2) is 18.2 Å². The van der Waals surface area contributed by atoms with E-state index >= 15 is 0 Å². The summed E-state index contributed by atoms with van der Waals surface area (Å²) in [6.07, 6.45) is 1.20. The van der Waals surface area contributed by atoms with Gasteiger partial charge in [-0.05, 0) is 30.5 Å². The Bertz CT molecular complexity index is 409. The van der Waals surface area contributed by atoms with E-state index in [0.29, 0.717) is 16.5 Å². The van der Waals surface area contributed by atoms with Crippen molar-refractivity contribution in [3.8, 4) is 6.07 Å². The fraction of sp³-hybridized carbons (Fsp3) is 0.417. The molecule has 1 heterocycles. The first-order valence-corrected chi connectivity index (χ1v) is 5.53. The topological polar surface area (TPSA) is 27.0 Å². The lowest BCUT2D eigenvalue weighted by Gasteiger charge is -2.19. The molecule has 1 unspecified atom stereocenters. The molecule has 78 valence electrons. The molecular formula is C12H13ClN2. The molecular weight excluding hydrogens is 208 g/mol. The van der Waals surface area contributed by atoms with Gasteiger partial charge < -0.3 is 4.90 Å². The maximum atomic E-state index is 9.03. The van der Waals surface area contributed by atoms with Gasteiger partial charge in [0.25, 0.3) is 0 Å². The minimum atomic E-state index is 0.627. The number of nitrogens with zero attached hydrogens (tertiary/aromatic N) is 2.